The molecule has 5 heteroatoms. The Labute approximate surface area is 114 Å². The van der Waals surface area contributed by atoms with E-state index in [9.17, 15) is 13.2 Å². The van der Waals surface area contributed by atoms with E-state index >= 15 is 0 Å². The summed E-state index contributed by atoms with van der Waals surface area (Å²) in [6.07, 6.45) is -5.14. The van der Waals surface area contributed by atoms with E-state index in [0.717, 1.165) is 5.56 Å². The van der Waals surface area contributed by atoms with Gasteiger partial charge in [-0.25, -0.2) is 0 Å². The molecule has 20 heavy (non-hydrogen) atoms. The molecule has 2 aromatic carbocycles. The van der Waals surface area contributed by atoms with Crippen molar-refractivity contribution in [2.45, 2.75) is 12.5 Å². The molecule has 2 aromatic rings. The summed E-state index contributed by atoms with van der Waals surface area (Å²) in [5.74, 6) is -0.256. The number of benzene rings is 2. The maximum Gasteiger partial charge on any atom is 0.573 e. The average Bonchev–Trinajstić information content (AvgIpc) is 2.39. The summed E-state index contributed by atoms with van der Waals surface area (Å²) >= 11 is 0. The zero-order valence-corrected chi connectivity index (χ0v) is 10.7. The first kappa shape index (κ1) is 14.4. The Morgan fingerprint density at radius 2 is 1.55 bits per heavy atom. The maximum atomic E-state index is 12.2. The SMILES string of the molecule is COC(c1ccccc1)c1cccc(OC(F)(F)F)c1. The van der Waals surface area contributed by atoms with Crippen LogP contribution in [0.15, 0.2) is 54.6 Å². The molecule has 0 aliphatic rings. The van der Waals surface area contributed by atoms with E-state index in [4.69, 9.17) is 4.74 Å². The van der Waals surface area contributed by atoms with Gasteiger partial charge >= 0.3 is 6.36 Å². The highest BCUT2D eigenvalue weighted by Crippen LogP contribution is 2.30. The molecule has 2 nitrogen and oxygen atoms in total. The molecule has 0 heterocycles. The molecule has 0 aliphatic heterocycles. The summed E-state index contributed by atoms with van der Waals surface area (Å²) < 4.78 is 46.0. The van der Waals surface area contributed by atoms with Gasteiger partial charge in [-0.3, -0.25) is 0 Å². The van der Waals surface area contributed by atoms with Crippen LogP contribution in [0.1, 0.15) is 17.2 Å². The first-order valence-corrected chi connectivity index (χ1v) is 5.93. The minimum absolute atomic E-state index is 0.256. The van der Waals surface area contributed by atoms with E-state index in [0.29, 0.717) is 5.56 Å². The van der Waals surface area contributed by atoms with E-state index in [1.165, 1.54) is 25.3 Å². The Morgan fingerprint density at radius 3 is 2.15 bits per heavy atom. The topological polar surface area (TPSA) is 18.5 Å². The van der Waals surface area contributed by atoms with Crippen molar-refractivity contribution in [3.8, 4) is 5.75 Å². The van der Waals surface area contributed by atoms with E-state index < -0.39 is 12.5 Å². The lowest BCUT2D eigenvalue weighted by atomic mass is 10.0. The molecule has 0 radical (unpaired) electrons. The fourth-order valence-corrected chi connectivity index (χ4v) is 1.97. The van der Waals surface area contributed by atoms with Crippen molar-refractivity contribution in [2.75, 3.05) is 7.11 Å². The lowest BCUT2D eigenvalue weighted by molar-refractivity contribution is -0.274. The summed E-state index contributed by atoms with van der Waals surface area (Å²) in [6, 6.07) is 15.0. The van der Waals surface area contributed by atoms with Crippen LogP contribution < -0.4 is 4.74 Å². The van der Waals surface area contributed by atoms with Crippen LogP contribution in [0.5, 0.6) is 5.75 Å². The molecular weight excluding hydrogens is 269 g/mol. The predicted molar refractivity (Wildman–Crippen MR) is 68.4 cm³/mol. The van der Waals surface area contributed by atoms with Crippen LogP contribution in [-0.2, 0) is 4.74 Å². The van der Waals surface area contributed by atoms with Crippen LogP contribution in [-0.4, -0.2) is 13.5 Å². The van der Waals surface area contributed by atoms with Gasteiger partial charge in [-0.2, -0.15) is 0 Å². The van der Waals surface area contributed by atoms with Gasteiger partial charge in [0.1, 0.15) is 11.9 Å². The molecule has 0 saturated carbocycles. The number of rotatable bonds is 4. The number of alkyl halides is 3. The second-order valence-corrected chi connectivity index (χ2v) is 4.15. The standard InChI is InChI=1S/C15H13F3O2/c1-19-14(11-6-3-2-4-7-11)12-8-5-9-13(10-12)20-15(16,17)18/h2-10,14H,1H3. The van der Waals surface area contributed by atoms with Crippen LogP contribution in [0, 0.1) is 0 Å². The molecule has 0 amide bonds. The van der Waals surface area contributed by atoms with Crippen molar-refractivity contribution in [3.63, 3.8) is 0 Å². The molecule has 0 aliphatic carbocycles. The van der Waals surface area contributed by atoms with E-state index in [-0.39, 0.29) is 5.75 Å². The third-order valence-electron chi connectivity index (χ3n) is 2.73. The van der Waals surface area contributed by atoms with E-state index in [2.05, 4.69) is 4.74 Å². The molecule has 0 N–H and O–H groups in total. The average molecular weight is 282 g/mol. The highest BCUT2D eigenvalue weighted by atomic mass is 19.4. The van der Waals surface area contributed by atoms with Crippen molar-refractivity contribution >= 4 is 0 Å². The highest BCUT2D eigenvalue weighted by molar-refractivity contribution is 5.35. The van der Waals surface area contributed by atoms with Gasteiger partial charge in [0.2, 0.25) is 0 Å². The third kappa shape index (κ3) is 3.74. The lowest BCUT2D eigenvalue weighted by Crippen LogP contribution is -2.17. The number of hydrogen-bond donors (Lipinski definition) is 0. The molecule has 0 spiro atoms. The van der Waals surface area contributed by atoms with Gasteiger partial charge in [0, 0.05) is 7.11 Å². The Bertz CT molecular complexity index is 553. The predicted octanol–water partition coefficient (Wildman–Crippen LogP) is 4.32. The highest BCUT2D eigenvalue weighted by Gasteiger charge is 2.31. The molecule has 0 saturated heterocycles. The van der Waals surface area contributed by atoms with Crippen LogP contribution in [0.3, 0.4) is 0 Å². The lowest BCUT2D eigenvalue weighted by Gasteiger charge is -2.17. The minimum Gasteiger partial charge on any atom is -0.406 e. The second kappa shape index (κ2) is 5.96. The Balaban J connectivity index is 2.29. The van der Waals surface area contributed by atoms with Crippen molar-refractivity contribution in [3.05, 3.63) is 65.7 Å². The van der Waals surface area contributed by atoms with Gasteiger partial charge in [0.05, 0.1) is 0 Å². The smallest absolute Gasteiger partial charge is 0.406 e. The maximum absolute atomic E-state index is 12.2. The van der Waals surface area contributed by atoms with Crippen molar-refractivity contribution in [1.82, 2.24) is 0 Å². The number of methoxy groups -OCH3 is 1. The van der Waals surface area contributed by atoms with Gasteiger partial charge in [-0.15, -0.1) is 13.2 Å². The third-order valence-corrected chi connectivity index (χ3v) is 2.73. The quantitative estimate of drug-likeness (QED) is 0.831. The first-order valence-electron chi connectivity index (χ1n) is 5.93. The number of ether oxygens (including phenoxy) is 2. The van der Waals surface area contributed by atoms with E-state index in [1.54, 1.807) is 6.07 Å². The van der Waals surface area contributed by atoms with Gasteiger partial charge < -0.3 is 9.47 Å². The number of hydrogen-bond acceptors (Lipinski definition) is 2. The molecular formula is C15H13F3O2. The van der Waals surface area contributed by atoms with E-state index in [1.807, 2.05) is 30.3 Å². The van der Waals surface area contributed by atoms with Crippen molar-refractivity contribution < 1.29 is 22.6 Å². The molecule has 0 aromatic heterocycles. The van der Waals surface area contributed by atoms with Crippen LogP contribution in [0.2, 0.25) is 0 Å². The fraction of sp³-hybridized carbons (Fsp3) is 0.200. The fourth-order valence-electron chi connectivity index (χ4n) is 1.97. The van der Waals surface area contributed by atoms with Crippen molar-refractivity contribution in [1.29, 1.82) is 0 Å². The molecule has 106 valence electrons. The van der Waals surface area contributed by atoms with Crippen LogP contribution in [0.4, 0.5) is 13.2 Å². The van der Waals surface area contributed by atoms with Gasteiger partial charge in [-0.1, -0.05) is 42.5 Å². The zero-order valence-electron chi connectivity index (χ0n) is 10.7. The molecule has 1 unspecified atom stereocenters. The number of halogens is 3. The monoisotopic (exact) mass is 282 g/mol. The van der Waals surface area contributed by atoms with Gasteiger partial charge in [0.15, 0.2) is 0 Å². The summed E-state index contributed by atoms with van der Waals surface area (Å²) in [5, 5.41) is 0. The van der Waals surface area contributed by atoms with Crippen LogP contribution in [0.25, 0.3) is 0 Å². The molecule has 0 bridgehead atoms. The molecule has 1 atom stereocenters. The van der Waals surface area contributed by atoms with Crippen molar-refractivity contribution in [2.24, 2.45) is 0 Å². The summed E-state index contributed by atoms with van der Waals surface area (Å²) in [7, 11) is 1.51. The summed E-state index contributed by atoms with van der Waals surface area (Å²) in [4.78, 5) is 0. The Kier molecular flexibility index (Phi) is 4.29. The minimum atomic E-state index is -4.70. The van der Waals surface area contributed by atoms with Crippen LogP contribution >= 0.6 is 0 Å². The zero-order chi connectivity index (χ0) is 14.6. The summed E-state index contributed by atoms with van der Waals surface area (Å²) in [5.41, 5.74) is 1.46. The molecule has 2 rings (SSSR count). The Hall–Kier alpha value is -2.01. The molecule has 0 fully saturated rings. The summed E-state index contributed by atoms with van der Waals surface area (Å²) in [6.45, 7) is 0. The normalized spacial score (nSPS) is 13.0. The first-order chi connectivity index (χ1) is 9.49. The largest absolute Gasteiger partial charge is 0.573 e. The van der Waals surface area contributed by atoms with Gasteiger partial charge in [0.25, 0.3) is 0 Å². The second-order valence-electron chi connectivity index (χ2n) is 4.15. The Morgan fingerprint density at radius 1 is 0.900 bits per heavy atom. The van der Waals surface area contributed by atoms with Gasteiger partial charge in [-0.05, 0) is 23.3 Å².